The van der Waals surface area contributed by atoms with E-state index in [9.17, 15) is 21.6 Å². The van der Waals surface area contributed by atoms with E-state index in [2.05, 4.69) is 9.18 Å². The summed E-state index contributed by atoms with van der Waals surface area (Å²) in [5.41, 5.74) is -6.16. The summed E-state index contributed by atoms with van der Waals surface area (Å²) in [7, 11) is -5.69. The number of hydrogen-bond donors (Lipinski definition) is 0. The van der Waals surface area contributed by atoms with Crippen molar-refractivity contribution in [3.8, 4) is 0 Å². The number of rotatable bonds is 2. The van der Waals surface area contributed by atoms with E-state index in [-0.39, 0.29) is 12.3 Å². The maximum Gasteiger partial charge on any atom is 0.523 e. The number of allylic oxidation sites excluding steroid dienone is 5. The van der Waals surface area contributed by atoms with Gasteiger partial charge in [0.25, 0.3) is 0 Å². The van der Waals surface area contributed by atoms with Crippen molar-refractivity contribution < 1.29 is 25.8 Å². The van der Waals surface area contributed by atoms with Gasteiger partial charge in [-0.25, -0.2) is 9.18 Å². The number of dihydropyridines is 1. The Labute approximate surface area is 119 Å². The number of aliphatic imine (C=N–C) groups is 1. The lowest BCUT2D eigenvalue weighted by molar-refractivity contribution is -0.0615. The van der Waals surface area contributed by atoms with Crippen molar-refractivity contribution in [3.05, 3.63) is 36.0 Å². The Morgan fingerprint density at radius 3 is 2.81 bits per heavy atom. The molecule has 2 atom stereocenters. The van der Waals surface area contributed by atoms with E-state index < -0.39 is 21.4 Å². The molecule has 1 aliphatic heterocycles. The summed E-state index contributed by atoms with van der Waals surface area (Å²) in [5, 5.41) is 0. The van der Waals surface area contributed by atoms with E-state index in [1.165, 1.54) is 0 Å². The minimum absolute atomic E-state index is 0.127. The van der Waals surface area contributed by atoms with Crippen LogP contribution in [-0.4, -0.2) is 25.4 Å². The lowest BCUT2D eigenvalue weighted by Crippen LogP contribution is -2.40. The van der Waals surface area contributed by atoms with Crippen LogP contribution < -0.4 is 0 Å². The molecular weight excluding hydrogens is 307 g/mol. The fraction of sp³-hybridized carbons (Fsp3) is 0.462. The van der Waals surface area contributed by atoms with E-state index in [0.29, 0.717) is 24.1 Å². The molecule has 3 rings (SSSR count). The van der Waals surface area contributed by atoms with Crippen molar-refractivity contribution in [2.45, 2.75) is 30.5 Å². The molecular formula is C13H12F3NO3S. The first kappa shape index (κ1) is 14.5. The zero-order chi connectivity index (χ0) is 15.3. The standard InChI is InChI=1S/C13H12F3NO3S/c14-13(15,16)21(18,19)20-12-7-3-5-10(12)8-9-4-1-2-6-11(9)17-12/h1-2,4,6,8-9H,3,5,7H2/t9-,12-/m1/s1. The van der Waals surface area contributed by atoms with E-state index >= 15 is 0 Å². The second kappa shape index (κ2) is 4.54. The topological polar surface area (TPSA) is 55.7 Å². The molecule has 4 nitrogen and oxygen atoms in total. The van der Waals surface area contributed by atoms with Crippen molar-refractivity contribution in [2.75, 3.05) is 0 Å². The van der Waals surface area contributed by atoms with Crippen LogP contribution in [0.25, 0.3) is 0 Å². The van der Waals surface area contributed by atoms with Crippen LogP contribution in [0.3, 0.4) is 0 Å². The number of nitrogens with zero attached hydrogens (tertiary/aromatic N) is 1. The van der Waals surface area contributed by atoms with Gasteiger partial charge >= 0.3 is 15.6 Å². The van der Waals surface area contributed by atoms with Gasteiger partial charge in [0.2, 0.25) is 0 Å². The zero-order valence-electron chi connectivity index (χ0n) is 10.8. The Morgan fingerprint density at radius 2 is 2.10 bits per heavy atom. The van der Waals surface area contributed by atoms with Gasteiger partial charge in [0, 0.05) is 18.1 Å². The fourth-order valence-electron chi connectivity index (χ4n) is 2.78. The van der Waals surface area contributed by atoms with Crippen LogP contribution in [0.1, 0.15) is 19.3 Å². The van der Waals surface area contributed by atoms with Gasteiger partial charge in [-0.05, 0) is 24.5 Å². The number of hydrogen-bond acceptors (Lipinski definition) is 4. The summed E-state index contributed by atoms with van der Waals surface area (Å²) in [6.07, 6.45) is 9.93. The van der Waals surface area contributed by atoms with Crippen LogP contribution in [0, 0.1) is 5.92 Å². The Bertz CT molecular complexity index is 688. The van der Waals surface area contributed by atoms with Crippen molar-refractivity contribution >= 4 is 15.8 Å². The first-order valence-corrected chi connectivity index (χ1v) is 7.82. The quantitative estimate of drug-likeness (QED) is 0.447. The molecule has 3 aliphatic rings. The molecule has 8 heteroatoms. The van der Waals surface area contributed by atoms with Crippen molar-refractivity contribution in [2.24, 2.45) is 10.9 Å². The molecule has 0 amide bonds. The Morgan fingerprint density at radius 1 is 1.33 bits per heavy atom. The highest BCUT2D eigenvalue weighted by molar-refractivity contribution is 7.87. The van der Waals surface area contributed by atoms with Crippen molar-refractivity contribution in [3.63, 3.8) is 0 Å². The highest BCUT2D eigenvalue weighted by Crippen LogP contribution is 2.46. The zero-order valence-corrected chi connectivity index (χ0v) is 11.6. The van der Waals surface area contributed by atoms with Crippen LogP contribution >= 0.6 is 0 Å². The lowest BCUT2D eigenvalue weighted by Gasteiger charge is -2.32. The third-order valence-corrected chi connectivity index (χ3v) is 4.79. The maximum absolute atomic E-state index is 12.6. The highest BCUT2D eigenvalue weighted by atomic mass is 32.2. The van der Waals surface area contributed by atoms with E-state index in [0.717, 1.165) is 0 Å². The lowest BCUT2D eigenvalue weighted by atomic mass is 9.89. The molecule has 1 saturated carbocycles. The number of fused-ring (bicyclic) bond motifs is 2. The molecule has 0 N–H and O–H groups in total. The minimum atomic E-state index is -5.69. The molecule has 0 spiro atoms. The molecule has 0 aromatic carbocycles. The number of halogens is 3. The third kappa shape index (κ3) is 2.36. The Hall–Kier alpha value is -1.41. The fourth-order valence-corrected chi connectivity index (χ4v) is 3.47. The summed E-state index contributed by atoms with van der Waals surface area (Å²) in [5.74, 6) is -0.131. The predicted octanol–water partition coefficient (Wildman–Crippen LogP) is 2.86. The molecule has 0 saturated heterocycles. The Balaban J connectivity index is 2.02. The van der Waals surface area contributed by atoms with Crippen LogP contribution in [-0.2, 0) is 14.3 Å². The van der Waals surface area contributed by atoms with Gasteiger partial charge in [-0.3, -0.25) is 0 Å². The van der Waals surface area contributed by atoms with Crippen molar-refractivity contribution in [1.29, 1.82) is 0 Å². The van der Waals surface area contributed by atoms with E-state index in [4.69, 9.17) is 0 Å². The SMILES string of the molecule is O=S(=O)(O[C@]12CCCC1=C[C@H]1C=CC=CC1=N2)C(F)(F)F. The average molecular weight is 319 g/mol. The van der Waals surface area contributed by atoms with Gasteiger partial charge in [0.15, 0.2) is 5.72 Å². The van der Waals surface area contributed by atoms with E-state index in [1.807, 2.05) is 12.2 Å². The van der Waals surface area contributed by atoms with Gasteiger partial charge in [0.05, 0.1) is 0 Å². The van der Waals surface area contributed by atoms with Gasteiger partial charge in [-0.2, -0.15) is 21.6 Å². The Kier molecular flexibility index (Phi) is 3.14. The number of alkyl halides is 3. The minimum Gasteiger partial charge on any atom is -0.249 e. The monoisotopic (exact) mass is 319 g/mol. The normalized spacial score (nSPS) is 31.5. The summed E-state index contributed by atoms with van der Waals surface area (Å²) in [6.45, 7) is 0. The van der Waals surface area contributed by atoms with Crippen LogP contribution in [0.15, 0.2) is 40.9 Å². The molecule has 0 bridgehead atoms. The van der Waals surface area contributed by atoms with Gasteiger partial charge < -0.3 is 0 Å². The third-order valence-electron chi connectivity index (χ3n) is 3.72. The molecule has 1 heterocycles. The highest BCUT2D eigenvalue weighted by Gasteiger charge is 2.55. The van der Waals surface area contributed by atoms with Gasteiger partial charge in [0.1, 0.15) is 0 Å². The van der Waals surface area contributed by atoms with Crippen LogP contribution in [0.2, 0.25) is 0 Å². The first-order valence-electron chi connectivity index (χ1n) is 6.41. The molecule has 1 fully saturated rings. The predicted molar refractivity (Wildman–Crippen MR) is 69.9 cm³/mol. The van der Waals surface area contributed by atoms with E-state index in [1.54, 1.807) is 18.2 Å². The maximum atomic E-state index is 12.6. The van der Waals surface area contributed by atoms with Crippen LogP contribution in [0.4, 0.5) is 13.2 Å². The van der Waals surface area contributed by atoms with Crippen molar-refractivity contribution in [1.82, 2.24) is 0 Å². The second-order valence-electron chi connectivity index (χ2n) is 5.12. The summed E-state index contributed by atoms with van der Waals surface area (Å²) in [4.78, 5) is 4.20. The molecule has 0 aromatic heterocycles. The van der Waals surface area contributed by atoms with Gasteiger partial charge in [-0.15, -0.1) is 0 Å². The summed E-state index contributed by atoms with van der Waals surface area (Å²) < 4.78 is 64.9. The van der Waals surface area contributed by atoms with Gasteiger partial charge in [-0.1, -0.05) is 24.3 Å². The molecule has 21 heavy (non-hydrogen) atoms. The molecule has 2 aliphatic carbocycles. The average Bonchev–Trinajstić information content (AvgIpc) is 2.75. The molecule has 0 aromatic rings. The summed E-state index contributed by atoms with van der Waals surface area (Å²) >= 11 is 0. The molecule has 0 unspecified atom stereocenters. The molecule has 114 valence electrons. The molecule has 0 radical (unpaired) electrons. The van der Waals surface area contributed by atoms with Crippen LogP contribution in [0.5, 0.6) is 0 Å². The summed E-state index contributed by atoms with van der Waals surface area (Å²) in [6, 6.07) is 0. The largest absolute Gasteiger partial charge is 0.523 e. The second-order valence-corrected chi connectivity index (χ2v) is 6.66. The first-order chi connectivity index (χ1) is 9.74. The smallest absolute Gasteiger partial charge is 0.249 e.